The number of carbonyl (C=O) groups excluding carboxylic acids is 1. The summed E-state index contributed by atoms with van der Waals surface area (Å²) in [5, 5.41) is 14.2. The summed E-state index contributed by atoms with van der Waals surface area (Å²) >= 11 is 0. The maximum Gasteiger partial charge on any atom is 0.407 e. The van der Waals surface area contributed by atoms with E-state index in [1.807, 2.05) is 44.2 Å². The fourth-order valence-electron chi connectivity index (χ4n) is 4.92. The van der Waals surface area contributed by atoms with Crippen LogP contribution in [-0.4, -0.2) is 81.4 Å². The van der Waals surface area contributed by atoms with Gasteiger partial charge in [0.15, 0.2) is 6.29 Å². The van der Waals surface area contributed by atoms with Gasteiger partial charge in [0.1, 0.15) is 11.9 Å². The fourth-order valence-corrected chi connectivity index (χ4v) is 6.58. The zero-order valence-corrected chi connectivity index (χ0v) is 24.6. The lowest BCUT2D eigenvalue weighted by atomic mass is 10.0. The first-order chi connectivity index (χ1) is 19.7. The highest BCUT2D eigenvalue weighted by Gasteiger charge is 2.32. The average molecular weight is 591 g/mol. The van der Waals surface area contributed by atoms with Gasteiger partial charge in [-0.25, -0.2) is 13.2 Å². The number of ether oxygens (including phenoxy) is 4. The molecule has 0 aromatic heterocycles. The van der Waals surface area contributed by atoms with Gasteiger partial charge < -0.3 is 29.4 Å². The Labute approximate surface area is 243 Å². The Bertz CT molecular complexity index is 1200. The summed E-state index contributed by atoms with van der Waals surface area (Å²) in [6.45, 7) is 5.25. The van der Waals surface area contributed by atoms with Gasteiger partial charge in [0.05, 0.1) is 36.9 Å². The highest BCUT2D eigenvalue weighted by atomic mass is 32.2. The van der Waals surface area contributed by atoms with Crippen molar-refractivity contribution < 1.29 is 37.3 Å². The van der Waals surface area contributed by atoms with Crippen molar-refractivity contribution in [3.05, 3.63) is 60.2 Å². The number of benzene rings is 2. The smallest absolute Gasteiger partial charge is 0.407 e. The maximum absolute atomic E-state index is 13.9. The van der Waals surface area contributed by atoms with E-state index in [1.165, 1.54) is 16.4 Å². The highest BCUT2D eigenvalue weighted by Crippen LogP contribution is 2.25. The van der Waals surface area contributed by atoms with Crippen molar-refractivity contribution in [2.45, 2.75) is 75.4 Å². The topological polar surface area (TPSA) is 124 Å². The lowest BCUT2D eigenvalue weighted by molar-refractivity contribution is -0.106. The number of hydrogen-bond donors (Lipinski definition) is 2. The van der Waals surface area contributed by atoms with E-state index < -0.39 is 34.6 Å². The Morgan fingerprint density at radius 2 is 1.88 bits per heavy atom. The Balaban J connectivity index is 1.51. The molecular weight excluding hydrogens is 548 g/mol. The maximum atomic E-state index is 13.9. The number of hydrogen-bond acceptors (Lipinski definition) is 8. The molecule has 2 aliphatic rings. The first-order valence-corrected chi connectivity index (χ1v) is 15.8. The van der Waals surface area contributed by atoms with Crippen molar-refractivity contribution in [1.82, 2.24) is 9.62 Å². The van der Waals surface area contributed by atoms with Crippen molar-refractivity contribution in [3.63, 3.8) is 0 Å². The number of rotatable bonds is 13. The number of nitrogens with one attached hydrogen (secondary N) is 1. The van der Waals surface area contributed by atoms with Crippen LogP contribution >= 0.6 is 0 Å². The standard InChI is InChI=1S/C30H42N2O8S/c1-22(2)19-32(41(35,36)26-12-8-11-24(18-26)39-29-13-6-7-15-38-29)20-28(33)27(17-23-9-4-3-5-10-23)31-30(34)40-25-14-16-37-21-25/h3-5,8-12,18,22,25,27-29,33H,6-7,13-17,19-21H2,1-2H3,(H,31,34)/t25?,27-,28+,29?/m0/s1. The Kier molecular flexibility index (Phi) is 11.4. The molecule has 0 aliphatic carbocycles. The van der Waals surface area contributed by atoms with Gasteiger partial charge in [-0.1, -0.05) is 50.2 Å². The van der Waals surface area contributed by atoms with E-state index in [-0.39, 0.29) is 30.0 Å². The minimum atomic E-state index is -4.02. The second kappa shape index (κ2) is 15.0. The lowest BCUT2D eigenvalue weighted by Crippen LogP contribution is -2.51. The van der Waals surface area contributed by atoms with Crippen molar-refractivity contribution in [1.29, 1.82) is 0 Å². The lowest BCUT2D eigenvalue weighted by Gasteiger charge is -2.31. The van der Waals surface area contributed by atoms with Gasteiger partial charge >= 0.3 is 6.09 Å². The van der Waals surface area contributed by atoms with Crippen molar-refractivity contribution >= 4 is 16.1 Å². The molecule has 2 fully saturated rings. The number of aliphatic hydroxyl groups excluding tert-OH is 1. The van der Waals surface area contributed by atoms with E-state index in [0.717, 1.165) is 24.8 Å². The number of amides is 1. The summed E-state index contributed by atoms with van der Waals surface area (Å²) in [6.07, 6.45) is 0.963. The highest BCUT2D eigenvalue weighted by molar-refractivity contribution is 7.89. The number of sulfonamides is 1. The van der Waals surface area contributed by atoms with Crippen LogP contribution in [0.4, 0.5) is 4.79 Å². The molecule has 2 aliphatic heterocycles. The van der Waals surface area contributed by atoms with Crippen molar-refractivity contribution in [2.24, 2.45) is 5.92 Å². The molecule has 0 spiro atoms. The molecule has 0 saturated carbocycles. The Hall–Kier alpha value is -2.70. The van der Waals surface area contributed by atoms with E-state index in [9.17, 15) is 18.3 Å². The normalized spacial score (nSPS) is 21.0. The molecule has 226 valence electrons. The van der Waals surface area contributed by atoms with Crippen molar-refractivity contribution in [2.75, 3.05) is 32.9 Å². The number of aliphatic hydroxyl groups is 1. The predicted octanol–water partition coefficient (Wildman–Crippen LogP) is 3.73. The number of carbonyl (C=O) groups is 1. The summed E-state index contributed by atoms with van der Waals surface area (Å²) in [7, 11) is -4.02. The van der Waals surface area contributed by atoms with Crippen LogP contribution in [0.25, 0.3) is 0 Å². The van der Waals surface area contributed by atoms with Crippen LogP contribution in [0.1, 0.15) is 45.1 Å². The molecule has 4 rings (SSSR count). The van der Waals surface area contributed by atoms with Crippen LogP contribution in [0.2, 0.25) is 0 Å². The number of alkyl carbamates (subject to hydrolysis) is 1. The monoisotopic (exact) mass is 590 g/mol. The summed E-state index contributed by atoms with van der Waals surface area (Å²) in [4.78, 5) is 12.8. The van der Waals surface area contributed by atoms with E-state index in [1.54, 1.807) is 12.1 Å². The first-order valence-electron chi connectivity index (χ1n) is 14.4. The minimum absolute atomic E-state index is 0.0140. The fraction of sp³-hybridized carbons (Fsp3) is 0.567. The second-order valence-electron chi connectivity index (χ2n) is 11.0. The molecule has 11 heteroatoms. The largest absolute Gasteiger partial charge is 0.465 e. The molecule has 2 heterocycles. The number of nitrogens with zero attached hydrogens (tertiary/aromatic N) is 1. The molecule has 2 N–H and O–H groups in total. The molecule has 2 aromatic rings. The third kappa shape index (κ3) is 9.40. The third-order valence-corrected chi connectivity index (χ3v) is 8.86. The zero-order valence-electron chi connectivity index (χ0n) is 23.8. The van der Waals surface area contributed by atoms with Crippen LogP contribution < -0.4 is 10.1 Å². The SMILES string of the molecule is CC(C)CN(C[C@@H](O)[C@H](Cc1ccccc1)NC(=O)OC1CCOC1)S(=O)(=O)c1cccc(OC2CCCCO2)c1. The van der Waals surface area contributed by atoms with E-state index in [2.05, 4.69) is 5.32 Å². The Morgan fingerprint density at radius 3 is 2.56 bits per heavy atom. The van der Waals surface area contributed by atoms with Gasteiger partial charge in [-0.05, 0) is 42.9 Å². The quantitative estimate of drug-likeness (QED) is 0.362. The van der Waals surface area contributed by atoms with Gasteiger partial charge in [0, 0.05) is 32.0 Å². The van der Waals surface area contributed by atoms with E-state index >= 15 is 0 Å². The van der Waals surface area contributed by atoms with Gasteiger partial charge in [0.2, 0.25) is 10.0 Å². The molecule has 0 radical (unpaired) electrons. The zero-order chi connectivity index (χ0) is 29.2. The van der Waals surface area contributed by atoms with E-state index in [0.29, 0.717) is 38.4 Å². The van der Waals surface area contributed by atoms with Gasteiger partial charge in [-0.3, -0.25) is 0 Å². The van der Waals surface area contributed by atoms with Crippen LogP contribution in [-0.2, 0) is 30.7 Å². The summed E-state index contributed by atoms with van der Waals surface area (Å²) in [5.74, 6) is 0.394. The van der Waals surface area contributed by atoms with Crippen molar-refractivity contribution in [3.8, 4) is 5.75 Å². The Morgan fingerprint density at radius 1 is 1.07 bits per heavy atom. The van der Waals surface area contributed by atoms with E-state index in [4.69, 9.17) is 18.9 Å². The summed E-state index contributed by atoms with van der Waals surface area (Å²) in [5.41, 5.74) is 0.883. The van der Waals surface area contributed by atoms with Crippen LogP contribution in [0.5, 0.6) is 5.75 Å². The van der Waals surface area contributed by atoms with Gasteiger partial charge in [-0.2, -0.15) is 4.31 Å². The molecule has 41 heavy (non-hydrogen) atoms. The molecule has 2 unspecified atom stereocenters. The van der Waals surface area contributed by atoms with Gasteiger partial charge in [-0.15, -0.1) is 0 Å². The van der Waals surface area contributed by atoms with Crippen LogP contribution in [0, 0.1) is 5.92 Å². The predicted molar refractivity (Wildman–Crippen MR) is 153 cm³/mol. The molecule has 2 aromatic carbocycles. The van der Waals surface area contributed by atoms with Gasteiger partial charge in [0.25, 0.3) is 0 Å². The third-order valence-electron chi connectivity index (χ3n) is 7.04. The van der Waals surface area contributed by atoms with Crippen LogP contribution in [0.3, 0.4) is 0 Å². The molecule has 10 nitrogen and oxygen atoms in total. The molecule has 4 atom stereocenters. The summed E-state index contributed by atoms with van der Waals surface area (Å²) < 4.78 is 51.3. The average Bonchev–Trinajstić information content (AvgIpc) is 3.46. The first kappa shape index (κ1) is 31.2. The molecule has 2 saturated heterocycles. The van der Waals surface area contributed by atoms with Crippen LogP contribution in [0.15, 0.2) is 59.5 Å². The summed E-state index contributed by atoms with van der Waals surface area (Å²) in [6, 6.07) is 15.0. The second-order valence-corrected chi connectivity index (χ2v) is 12.9. The molecule has 0 bridgehead atoms. The minimum Gasteiger partial charge on any atom is -0.465 e. The molecule has 1 amide bonds. The molecular formula is C30H42N2O8S.